The smallest absolute Gasteiger partial charge is 0.333 e. The minimum Gasteiger partial charge on any atom is -0.462 e. The number of halogens is 1. The number of carbonyl (C=O) groups excluding carboxylic acids is 1. The van der Waals surface area contributed by atoms with E-state index in [4.69, 9.17) is 9.84 Å². The van der Waals surface area contributed by atoms with E-state index in [1.165, 1.54) is 6.07 Å². The Balaban J connectivity index is 2.31. The molecule has 0 amide bonds. The van der Waals surface area contributed by atoms with Crippen molar-refractivity contribution < 1.29 is 19.0 Å². The maximum absolute atomic E-state index is 14.4. The standard InChI is InChI=1S/C21H23FO3/c1-14(2)21(24)25-11-9-17-13-16(8-10-23)5-7-18(17)19-6-4-15(3)12-20(19)22/h4-7,12-13,23H,1,8-11H2,2-3H3. The third-order valence-corrected chi connectivity index (χ3v) is 3.94. The van der Waals surface area contributed by atoms with Crippen LogP contribution in [0.5, 0.6) is 0 Å². The number of esters is 1. The number of benzene rings is 2. The fraction of sp³-hybridized carbons (Fsp3) is 0.286. The van der Waals surface area contributed by atoms with Crippen molar-refractivity contribution in [3.63, 3.8) is 0 Å². The summed E-state index contributed by atoms with van der Waals surface area (Å²) >= 11 is 0. The molecule has 0 saturated heterocycles. The van der Waals surface area contributed by atoms with E-state index in [2.05, 4.69) is 6.58 Å². The van der Waals surface area contributed by atoms with Gasteiger partial charge in [0, 0.05) is 24.2 Å². The fourth-order valence-corrected chi connectivity index (χ4v) is 2.62. The lowest BCUT2D eigenvalue weighted by molar-refractivity contribution is -0.138. The van der Waals surface area contributed by atoms with E-state index in [9.17, 15) is 9.18 Å². The zero-order chi connectivity index (χ0) is 18.4. The van der Waals surface area contributed by atoms with Crippen molar-refractivity contribution in [3.8, 4) is 11.1 Å². The molecule has 0 fully saturated rings. The van der Waals surface area contributed by atoms with Crippen LogP contribution < -0.4 is 0 Å². The van der Waals surface area contributed by atoms with Crippen LogP contribution in [0, 0.1) is 12.7 Å². The van der Waals surface area contributed by atoms with Crippen LogP contribution in [0.15, 0.2) is 48.6 Å². The molecular weight excluding hydrogens is 319 g/mol. The summed E-state index contributed by atoms with van der Waals surface area (Å²) < 4.78 is 19.5. The molecule has 0 unspecified atom stereocenters. The van der Waals surface area contributed by atoms with Crippen LogP contribution in [0.1, 0.15) is 23.6 Å². The van der Waals surface area contributed by atoms with Crippen molar-refractivity contribution in [2.45, 2.75) is 26.7 Å². The highest BCUT2D eigenvalue weighted by Crippen LogP contribution is 2.28. The summed E-state index contributed by atoms with van der Waals surface area (Å²) in [5, 5.41) is 9.14. The summed E-state index contributed by atoms with van der Waals surface area (Å²) in [6.45, 7) is 7.22. The van der Waals surface area contributed by atoms with Gasteiger partial charge < -0.3 is 9.84 Å². The van der Waals surface area contributed by atoms with E-state index >= 15 is 0 Å². The second-order valence-electron chi connectivity index (χ2n) is 6.11. The van der Waals surface area contributed by atoms with Crippen molar-refractivity contribution in [1.82, 2.24) is 0 Å². The molecule has 0 bridgehead atoms. The van der Waals surface area contributed by atoms with Gasteiger partial charge >= 0.3 is 5.97 Å². The van der Waals surface area contributed by atoms with Crippen LogP contribution in [0.2, 0.25) is 0 Å². The highest BCUT2D eigenvalue weighted by molar-refractivity contribution is 5.86. The molecule has 0 aliphatic rings. The monoisotopic (exact) mass is 342 g/mol. The van der Waals surface area contributed by atoms with Crippen molar-refractivity contribution in [2.75, 3.05) is 13.2 Å². The third kappa shape index (κ3) is 5.00. The Morgan fingerprint density at radius 2 is 1.88 bits per heavy atom. The molecular formula is C21H23FO3. The highest BCUT2D eigenvalue weighted by Gasteiger charge is 2.12. The number of aliphatic hydroxyl groups excluding tert-OH is 1. The first-order chi connectivity index (χ1) is 11.9. The molecule has 4 heteroatoms. The van der Waals surface area contributed by atoms with Gasteiger partial charge in [-0.3, -0.25) is 0 Å². The molecule has 0 spiro atoms. The molecule has 2 rings (SSSR count). The average Bonchev–Trinajstić information content (AvgIpc) is 2.56. The number of aryl methyl sites for hydroxylation is 1. The first kappa shape index (κ1) is 18.9. The maximum atomic E-state index is 14.4. The van der Waals surface area contributed by atoms with Crippen molar-refractivity contribution in [1.29, 1.82) is 0 Å². The summed E-state index contributed by atoms with van der Waals surface area (Å²) in [5.74, 6) is -0.718. The predicted octanol–water partition coefficient (Wildman–Crippen LogP) is 4.00. The Morgan fingerprint density at radius 1 is 1.16 bits per heavy atom. The number of ether oxygens (including phenoxy) is 1. The van der Waals surface area contributed by atoms with E-state index < -0.39 is 5.97 Å². The molecule has 0 saturated carbocycles. The normalized spacial score (nSPS) is 10.6. The van der Waals surface area contributed by atoms with Gasteiger partial charge in [-0.15, -0.1) is 0 Å². The molecule has 0 aliphatic carbocycles. The zero-order valence-electron chi connectivity index (χ0n) is 14.6. The summed E-state index contributed by atoms with van der Waals surface area (Å²) in [4.78, 5) is 11.5. The average molecular weight is 342 g/mol. The van der Waals surface area contributed by atoms with Crippen LogP contribution >= 0.6 is 0 Å². The topological polar surface area (TPSA) is 46.5 Å². The van der Waals surface area contributed by atoms with Crippen molar-refractivity contribution >= 4 is 5.97 Å². The molecule has 1 N–H and O–H groups in total. The second kappa shape index (κ2) is 8.58. The van der Waals surface area contributed by atoms with Gasteiger partial charge in [0.05, 0.1) is 6.61 Å². The summed E-state index contributed by atoms with van der Waals surface area (Å²) in [7, 11) is 0. The Hall–Kier alpha value is -2.46. The summed E-state index contributed by atoms with van der Waals surface area (Å²) in [5.41, 5.74) is 4.32. The van der Waals surface area contributed by atoms with Gasteiger partial charge in [-0.2, -0.15) is 0 Å². The number of hydrogen-bond acceptors (Lipinski definition) is 3. The van der Waals surface area contributed by atoms with Gasteiger partial charge in [0.2, 0.25) is 0 Å². The molecule has 132 valence electrons. The van der Waals surface area contributed by atoms with Crippen LogP contribution in [0.3, 0.4) is 0 Å². The van der Waals surface area contributed by atoms with Crippen LogP contribution in [0.4, 0.5) is 4.39 Å². The van der Waals surface area contributed by atoms with Gasteiger partial charge in [-0.1, -0.05) is 36.9 Å². The lowest BCUT2D eigenvalue weighted by Crippen LogP contribution is -2.09. The first-order valence-electron chi connectivity index (χ1n) is 8.24. The summed E-state index contributed by atoms with van der Waals surface area (Å²) in [6, 6.07) is 10.8. The molecule has 0 atom stereocenters. The Bertz CT molecular complexity index is 781. The van der Waals surface area contributed by atoms with Gasteiger partial charge in [0.15, 0.2) is 0 Å². The highest BCUT2D eigenvalue weighted by atomic mass is 19.1. The molecule has 0 aromatic heterocycles. The largest absolute Gasteiger partial charge is 0.462 e. The van der Waals surface area contributed by atoms with E-state index in [-0.39, 0.29) is 19.0 Å². The van der Waals surface area contributed by atoms with Crippen LogP contribution in [0.25, 0.3) is 11.1 Å². The quantitative estimate of drug-likeness (QED) is 0.611. The van der Waals surface area contributed by atoms with E-state index in [0.29, 0.717) is 24.0 Å². The Kier molecular flexibility index (Phi) is 6.48. The van der Waals surface area contributed by atoms with E-state index in [1.807, 2.05) is 31.2 Å². The predicted molar refractivity (Wildman–Crippen MR) is 96.8 cm³/mol. The minimum absolute atomic E-state index is 0.0440. The first-order valence-corrected chi connectivity index (χ1v) is 8.24. The molecule has 0 heterocycles. The summed E-state index contributed by atoms with van der Waals surface area (Å²) in [6.07, 6.45) is 0.982. The van der Waals surface area contributed by atoms with Gasteiger partial charge in [0.25, 0.3) is 0 Å². The number of hydrogen-bond donors (Lipinski definition) is 1. The molecule has 0 aliphatic heterocycles. The maximum Gasteiger partial charge on any atom is 0.333 e. The van der Waals surface area contributed by atoms with Crippen molar-refractivity contribution in [2.24, 2.45) is 0 Å². The Labute approximate surface area is 147 Å². The van der Waals surface area contributed by atoms with Crippen LogP contribution in [-0.4, -0.2) is 24.3 Å². The number of carbonyl (C=O) groups is 1. The lowest BCUT2D eigenvalue weighted by atomic mass is 9.94. The molecule has 2 aromatic carbocycles. The molecule has 25 heavy (non-hydrogen) atoms. The zero-order valence-corrected chi connectivity index (χ0v) is 14.6. The van der Waals surface area contributed by atoms with Gasteiger partial charge in [-0.25, -0.2) is 9.18 Å². The lowest BCUT2D eigenvalue weighted by Gasteiger charge is -2.13. The van der Waals surface area contributed by atoms with Crippen LogP contribution in [-0.2, 0) is 22.4 Å². The number of aliphatic hydroxyl groups is 1. The molecule has 0 radical (unpaired) electrons. The second-order valence-corrected chi connectivity index (χ2v) is 6.11. The minimum atomic E-state index is -0.436. The number of rotatable bonds is 7. The fourth-order valence-electron chi connectivity index (χ4n) is 2.62. The van der Waals surface area contributed by atoms with E-state index in [1.54, 1.807) is 13.0 Å². The van der Waals surface area contributed by atoms with Crippen molar-refractivity contribution in [3.05, 3.63) is 71.1 Å². The van der Waals surface area contributed by atoms with E-state index in [0.717, 1.165) is 22.3 Å². The SMILES string of the molecule is C=C(C)C(=O)OCCc1cc(CCO)ccc1-c1ccc(C)cc1F. The van der Waals surface area contributed by atoms with Gasteiger partial charge in [-0.05, 0) is 48.6 Å². The van der Waals surface area contributed by atoms with Gasteiger partial charge in [0.1, 0.15) is 5.82 Å². The third-order valence-electron chi connectivity index (χ3n) is 3.94. The Morgan fingerprint density at radius 3 is 2.52 bits per heavy atom. The molecule has 3 nitrogen and oxygen atoms in total. The molecule has 2 aromatic rings.